The quantitative estimate of drug-likeness (QED) is 0.663. The number of pyridine rings is 1. The average Bonchev–Trinajstić information content (AvgIpc) is 3.21. The smallest absolute Gasteiger partial charge is 0.180 e. The summed E-state index contributed by atoms with van der Waals surface area (Å²) in [5, 5.41) is 0. The van der Waals surface area contributed by atoms with Gasteiger partial charge >= 0.3 is 0 Å². The third-order valence-corrected chi connectivity index (χ3v) is 3.41. The van der Waals surface area contributed by atoms with E-state index in [1.807, 2.05) is 31.3 Å². The Hall–Kier alpha value is -2.67. The lowest BCUT2D eigenvalue weighted by atomic mass is 10.2. The highest BCUT2D eigenvalue weighted by Gasteiger charge is 2.12. The van der Waals surface area contributed by atoms with Gasteiger partial charge in [0.15, 0.2) is 12.8 Å². The van der Waals surface area contributed by atoms with Gasteiger partial charge in [-0.3, -0.25) is 4.90 Å². The van der Waals surface area contributed by atoms with E-state index in [0.29, 0.717) is 13.1 Å². The van der Waals surface area contributed by atoms with Crippen LogP contribution in [0, 0.1) is 0 Å². The number of rotatable bonds is 7. The Labute approximate surface area is 134 Å². The van der Waals surface area contributed by atoms with Gasteiger partial charge in [0.1, 0.15) is 18.3 Å². The maximum Gasteiger partial charge on any atom is 0.180 e. The highest BCUT2D eigenvalue weighted by molar-refractivity contribution is 5.37. The molecular formula is C16H19N5O2. The second kappa shape index (κ2) is 7.06. The number of hydrogen-bond donors (Lipinski definition) is 0. The summed E-state index contributed by atoms with van der Waals surface area (Å²) in [6, 6.07) is 4.10. The van der Waals surface area contributed by atoms with E-state index in [0.717, 1.165) is 29.3 Å². The first-order chi connectivity index (χ1) is 11.2. The van der Waals surface area contributed by atoms with Crippen LogP contribution in [-0.2, 0) is 19.6 Å². The molecule has 0 N–H and O–H groups in total. The molecule has 0 aromatic carbocycles. The summed E-state index contributed by atoms with van der Waals surface area (Å²) in [4.78, 5) is 17.0. The molecule has 0 aliphatic rings. The lowest BCUT2D eigenvalue weighted by Gasteiger charge is -2.20. The molecule has 23 heavy (non-hydrogen) atoms. The minimum atomic E-state index is 0.665. The summed E-state index contributed by atoms with van der Waals surface area (Å²) in [5.74, 6) is 0.938. The van der Waals surface area contributed by atoms with Crippen LogP contribution >= 0.6 is 0 Å². The summed E-state index contributed by atoms with van der Waals surface area (Å²) in [7, 11) is 3.95. The van der Waals surface area contributed by atoms with Crippen molar-refractivity contribution in [2.75, 3.05) is 19.0 Å². The first-order valence-electron chi connectivity index (χ1n) is 7.29. The van der Waals surface area contributed by atoms with Gasteiger partial charge in [0.25, 0.3) is 0 Å². The lowest BCUT2D eigenvalue weighted by Crippen LogP contribution is -2.23. The number of hydrogen-bond acceptors (Lipinski definition) is 7. The zero-order chi connectivity index (χ0) is 16.1. The Morgan fingerprint density at radius 3 is 1.96 bits per heavy atom. The molecule has 120 valence electrons. The summed E-state index contributed by atoms with van der Waals surface area (Å²) >= 11 is 0. The van der Waals surface area contributed by atoms with Crippen LogP contribution < -0.4 is 4.90 Å². The average molecular weight is 313 g/mol. The molecule has 0 saturated heterocycles. The Morgan fingerprint density at radius 1 is 0.870 bits per heavy atom. The monoisotopic (exact) mass is 313 g/mol. The van der Waals surface area contributed by atoms with Crippen molar-refractivity contribution in [1.82, 2.24) is 19.9 Å². The van der Waals surface area contributed by atoms with Crippen LogP contribution in [-0.4, -0.2) is 33.9 Å². The Morgan fingerprint density at radius 2 is 1.52 bits per heavy atom. The maximum atomic E-state index is 5.05. The molecule has 3 aromatic rings. The minimum Gasteiger partial charge on any atom is -0.451 e. The van der Waals surface area contributed by atoms with Gasteiger partial charge in [-0.1, -0.05) is 6.07 Å². The van der Waals surface area contributed by atoms with Crippen LogP contribution in [0.5, 0.6) is 0 Å². The zero-order valence-corrected chi connectivity index (χ0v) is 13.2. The van der Waals surface area contributed by atoms with E-state index in [4.69, 9.17) is 8.83 Å². The van der Waals surface area contributed by atoms with Gasteiger partial charge < -0.3 is 13.7 Å². The fraction of sp³-hybridized carbons (Fsp3) is 0.312. The maximum absolute atomic E-state index is 5.05. The summed E-state index contributed by atoms with van der Waals surface area (Å²) in [6.45, 7) is 2.07. The molecule has 0 aliphatic carbocycles. The zero-order valence-electron chi connectivity index (χ0n) is 13.2. The minimum absolute atomic E-state index is 0.665. The van der Waals surface area contributed by atoms with Crippen LogP contribution in [0.15, 0.2) is 52.5 Å². The van der Waals surface area contributed by atoms with Crippen LogP contribution in [0.3, 0.4) is 0 Å². The van der Waals surface area contributed by atoms with Crippen LogP contribution in [0.25, 0.3) is 0 Å². The van der Waals surface area contributed by atoms with Gasteiger partial charge in [-0.05, 0) is 11.6 Å². The molecule has 3 rings (SSSR count). The first kappa shape index (κ1) is 15.2. The van der Waals surface area contributed by atoms with E-state index < -0.39 is 0 Å². The van der Waals surface area contributed by atoms with Crippen molar-refractivity contribution < 1.29 is 8.83 Å². The van der Waals surface area contributed by atoms with E-state index in [2.05, 4.69) is 25.9 Å². The molecule has 3 aromatic heterocycles. The van der Waals surface area contributed by atoms with Crippen LogP contribution in [0.1, 0.15) is 17.0 Å². The summed E-state index contributed by atoms with van der Waals surface area (Å²) < 4.78 is 10.1. The highest BCUT2D eigenvalue weighted by Crippen LogP contribution is 2.14. The van der Waals surface area contributed by atoms with Gasteiger partial charge in [0.05, 0.1) is 11.4 Å². The normalized spacial score (nSPS) is 11.1. The fourth-order valence-corrected chi connectivity index (χ4v) is 2.29. The molecule has 0 fully saturated rings. The van der Waals surface area contributed by atoms with E-state index in [-0.39, 0.29) is 0 Å². The van der Waals surface area contributed by atoms with Crippen molar-refractivity contribution in [3.63, 3.8) is 0 Å². The van der Waals surface area contributed by atoms with E-state index >= 15 is 0 Å². The predicted octanol–water partition coefficient (Wildman–Crippen LogP) is 2.33. The van der Waals surface area contributed by atoms with Crippen molar-refractivity contribution in [1.29, 1.82) is 0 Å². The number of nitrogens with zero attached hydrogens (tertiary/aromatic N) is 5. The standard InChI is InChI=1S/C16H19N5O2/c1-20(2)16-4-3-13(5-17-16)6-21(7-14-9-22-11-18-14)8-15-10-23-12-19-15/h3-5,9-12H,6-8H2,1-2H3. The third kappa shape index (κ3) is 4.17. The van der Waals surface area contributed by atoms with Gasteiger partial charge in [0.2, 0.25) is 0 Å². The molecule has 0 bridgehead atoms. The fourth-order valence-electron chi connectivity index (χ4n) is 2.29. The Balaban J connectivity index is 1.71. The van der Waals surface area contributed by atoms with Gasteiger partial charge in [-0.2, -0.15) is 0 Å². The van der Waals surface area contributed by atoms with E-state index in [1.165, 1.54) is 12.8 Å². The molecule has 0 spiro atoms. The molecule has 3 heterocycles. The largest absolute Gasteiger partial charge is 0.451 e. The van der Waals surface area contributed by atoms with Crippen LogP contribution in [0.2, 0.25) is 0 Å². The molecule has 0 amide bonds. The van der Waals surface area contributed by atoms with Gasteiger partial charge in [-0.15, -0.1) is 0 Å². The summed E-state index contributed by atoms with van der Waals surface area (Å²) in [6.07, 6.45) is 8.09. The van der Waals surface area contributed by atoms with E-state index in [9.17, 15) is 0 Å². The molecule has 7 heteroatoms. The van der Waals surface area contributed by atoms with Crippen molar-refractivity contribution in [2.45, 2.75) is 19.6 Å². The molecule has 0 radical (unpaired) electrons. The van der Waals surface area contributed by atoms with Gasteiger partial charge in [0, 0.05) is 39.9 Å². The third-order valence-electron chi connectivity index (χ3n) is 3.41. The molecule has 0 atom stereocenters. The molecule has 0 unspecified atom stereocenters. The molecule has 0 aliphatic heterocycles. The van der Waals surface area contributed by atoms with Crippen molar-refractivity contribution in [3.05, 3.63) is 60.6 Å². The second-order valence-electron chi connectivity index (χ2n) is 5.52. The molecule has 7 nitrogen and oxygen atoms in total. The Kier molecular flexibility index (Phi) is 4.68. The van der Waals surface area contributed by atoms with Crippen molar-refractivity contribution in [2.24, 2.45) is 0 Å². The predicted molar refractivity (Wildman–Crippen MR) is 84.5 cm³/mol. The number of aromatic nitrogens is 3. The molecule has 0 saturated carbocycles. The highest BCUT2D eigenvalue weighted by atomic mass is 16.3. The van der Waals surface area contributed by atoms with Crippen molar-refractivity contribution >= 4 is 5.82 Å². The Bertz CT molecular complexity index is 656. The van der Waals surface area contributed by atoms with Crippen LogP contribution in [0.4, 0.5) is 5.82 Å². The van der Waals surface area contributed by atoms with E-state index in [1.54, 1.807) is 12.5 Å². The van der Waals surface area contributed by atoms with Crippen molar-refractivity contribution in [3.8, 4) is 0 Å². The lowest BCUT2D eigenvalue weighted by molar-refractivity contribution is 0.241. The number of anilines is 1. The first-order valence-corrected chi connectivity index (χ1v) is 7.29. The second-order valence-corrected chi connectivity index (χ2v) is 5.52. The SMILES string of the molecule is CN(C)c1ccc(CN(Cc2cocn2)Cc2cocn2)cn1. The molecular weight excluding hydrogens is 294 g/mol. The number of oxazole rings is 2. The topological polar surface area (TPSA) is 71.4 Å². The van der Waals surface area contributed by atoms with Gasteiger partial charge in [-0.25, -0.2) is 15.0 Å². The summed E-state index contributed by atoms with van der Waals surface area (Å²) in [5.41, 5.74) is 2.89.